The zero-order chi connectivity index (χ0) is 26.2. The number of rotatable bonds is 8. The molecule has 5 rings (SSSR count). The molecule has 0 unspecified atom stereocenters. The molecule has 0 bridgehead atoms. The van der Waals surface area contributed by atoms with E-state index in [0.29, 0.717) is 47.4 Å². The number of halogens is 1. The van der Waals surface area contributed by atoms with Gasteiger partial charge in [-0.25, -0.2) is 32.6 Å². The van der Waals surface area contributed by atoms with E-state index >= 15 is 0 Å². The third-order valence-electron chi connectivity index (χ3n) is 6.13. The number of nitrogens with zero attached hydrogens (tertiary/aromatic N) is 7. The van der Waals surface area contributed by atoms with Crippen molar-refractivity contribution in [1.29, 1.82) is 5.26 Å². The summed E-state index contributed by atoms with van der Waals surface area (Å²) in [5, 5.41) is 8.97. The molecule has 0 radical (unpaired) electrons. The van der Waals surface area contributed by atoms with Gasteiger partial charge in [-0.05, 0) is 36.2 Å². The van der Waals surface area contributed by atoms with Crippen molar-refractivity contribution < 1.29 is 12.8 Å². The van der Waals surface area contributed by atoms with E-state index in [1.165, 1.54) is 39.7 Å². The van der Waals surface area contributed by atoms with Gasteiger partial charge in [0.05, 0.1) is 41.3 Å². The number of unbranched alkanes of at least 4 members (excludes halogenated alkanes) is 1. The standard InChI is InChI=1S/C25H22FN7O3S/c1-37(35,36)19-7-4-17(5-8-19)14-33-24-22(13-28-16-29-24)32(25(33)34)15-23-30-20-12-18(26)6-9-21(20)31(23)11-3-2-10-27/h4-9,12-13,16H,2-3,11,14-15H2,1H3. The van der Waals surface area contributed by atoms with E-state index < -0.39 is 15.7 Å². The summed E-state index contributed by atoms with van der Waals surface area (Å²) >= 11 is 0. The van der Waals surface area contributed by atoms with Gasteiger partial charge in [0.2, 0.25) is 0 Å². The lowest BCUT2D eigenvalue weighted by Gasteiger charge is -2.09. The molecule has 12 heteroatoms. The lowest BCUT2D eigenvalue weighted by molar-refractivity contribution is 0.600. The van der Waals surface area contributed by atoms with Crippen LogP contribution in [-0.2, 0) is 29.5 Å². The molecule has 0 aliphatic carbocycles. The molecule has 2 aromatic carbocycles. The topological polar surface area (TPSA) is 128 Å². The van der Waals surface area contributed by atoms with E-state index in [1.807, 2.05) is 4.57 Å². The lowest BCUT2D eigenvalue weighted by Crippen LogP contribution is -2.26. The van der Waals surface area contributed by atoms with Crippen LogP contribution in [0.3, 0.4) is 0 Å². The van der Waals surface area contributed by atoms with Crippen LogP contribution in [0.25, 0.3) is 22.2 Å². The van der Waals surface area contributed by atoms with Crippen LogP contribution >= 0.6 is 0 Å². The average Bonchev–Trinajstić information content (AvgIpc) is 3.34. The molecule has 3 aromatic heterocycles. The van der Waals surface area contributed by atoms with Crippen molar-refractivity contribution in [2.45, 2.75) is 37.4 Å². The zero-order valence-electron chi connectivity index (χ0n) is 19.9. The molecule has 3 heterocycles. The van der Waals surface area contributed by atoms with Crippen LogP contribution in [0.5, 0.6) is 0 Å². The number of imidazole rings is 2. The van der Waals surface area contributed by atoms with E-state index in [0.717, 1.165) is 11.8 Å². The van der Waals surface area contributed by atoms with Crippen LogP contribution in [0.15, 0.2) is 64.7 Å². The van der Waals surface area contributed by atoms with Gasteiger partial charge in [0, 0.05) is 25.3 Å². The highest BCUT2D eigenvalue weighted by molar-refractivity contribution is 7.90. The van der Waals surface area contributed by atoms with Crippen LogP contribution in [0, 0.1) is 17.1 Å². The zero-order valence-corrected chi connectivity index (χ0v) is 20.7. The molecule has 0 aliphatic heterocycles. The number of hydrogen-bond acceptors (Lipinski definition) is 7. The molecule has 0 fully saturated rings. The molecule has 0 spiro atoms. The summed E-state index contributed by atoms with van der Waals surface area (Å²) in [4.78, 5) is 26.8. The van der Waals surface area contributed by atoms with Gasteiger partial charge in [-0.3, -0.25) is 9.13 Å². The van der Waals surface area contributed by atoms with Gasteiger partial charge in [-0.15, -0.1) is 0 Å². The third-order valence-corrected chi connectivity index (χ3v) is 7.26. The van der Waals surface area contributed by atoms with Crippen molar-refractivity contribution >= 4 is 32.0 Å². The normalized spacial score (nSPS) is 11.8. The SMILES string of the molecule is CS(=O)(=O)c1ccc(Cn2c(=O)n(Cc3nc4cc(F)ccc4n3CCCC#N)c3cncnc32)cc1. The van der Waals surface area contributed by atoms with Crippen LogP contribution in [0.4, 0.5) is 4.39 Å². The molecular weight excluding hydrogens is 497 g/mol. The van der Waals surface area contributed by atoms with Crippen LogP contribution in [0.1, 0.15) is 24.2 Å². The second kappa shape index (κ2) is 9.59. The molecular formula is C25H22FN7O3S. The number of aromatic nitrogens is 6. The van der Waals surface area contributed by atoms with Crippen LogP contribution < -0.4 is 5.69 Å². The van der Waals surface area contributed by atoms with Crippen molar-refractivity contribution in [3.63, 3.8) is 0 Å². The Morgan fingerprint density at radius 2 is 1.81 bits per heavy atom. The lowest BCUT2D eigenvalue weighted by atomic mass is 10.2. The fourth-order valence-corrected chi connectivity index (χ4v) is 4.98. The highest BCUT2D eigenvalue weighted by Crippen LogP contribution is 2.21. The minimum atomic E-state index is -3.34. The second-order valence-corrected chi connectivity index (χ2v) is 10.7. The van der Waals surface area contributed by atoms with Crippen molar-refractivity contribution in [2.24, 2.45) is 0 Å². The first-order valence-corrected chi connectivity index (χ1v) is 13.3. The minimum Gasteiger partial charge on any atom is -0.326 e. The summed E-state index contributed by atoms with van der Waals surface area (Å²) in [6.07, 6.45) is 4.98. The molecule has 0 saturated carbocycles. The molecule has 10 nitrogen and oxygen atoms in total. The van der Waals surface area contributed by atoms with E-state index in [-0.39, 0.29) is 23.7 Å². The Morgan fingerprint density at radius 1 is 1.03 bits per heavy atom. The average molecular weight is 520 g/mol. The summed E-state index contributed by atoms with van der Waals surface area (Å²) in [5.74, 6) is 0.130. The largest absolute Gasteiger partial charge is 0.331 e. The van der Waals surface area contributed by atoms with Gasteiger partial charge in [-0.2, -0.15) is 5.26 Å². The first kappa shape index (κ1) is 24.3. The number of benzene rings is 2. The van der Waals surface area contributed by atoms with Gasteiger partial charge < -0.3 is 4.57 Å². The smallest absolute Gasteiger partial charge is 0.326 e. The van der Waals surface area contributed by atoms with E-state index in [2.05, 4.69) is 21.0 Å². The number of sulfone groups is 1. The number of hydrogen-bond donors (Lipinski definition) is 0. The maximum atomic E-state index is 13.9. The molecule has 0 atom stereocenters. The molecule has 0 amide bonds. The Labute approximate surface area is 211 Å². The number of aryl methyl sites for hydroxylation is 1. The van der Waals surface area contributed by atoms with E-state index in [4.69, 9.17) is 5.26 Å². The maximum Gasteiger partial charge on any atom is 0.331 e. The fourth-order valence-electron chi connectivity index (χ4n) is 4.35. The monoisotopic (exact) mass is 519 g/mol. The Hall–Kier alpha value is -4.37. The quantitative estimate of drug-likeness (QED) is 0.288. The Kier molecular flexibility index (Phi) is 6.31. The molecule has 188 valence electrons. The predicted molar refractivity (Wildman–Crippen MR) is 134 cm³/mol. The summed E-state index contributed by atoms with van der Waals surface area (Å²) < 4.78 is 42.4. The predicted octanol–water partition coefficient (Wildman–Crippen LogP) is 2.89. The van der Waals surface area contributed by atoms with Crippen molar-refractivity contribution in [3.05, 3.63) is 82.7 Å². The van der Waals surface area contributed by atoms with Crippen LogP contribution in [-0.4, -0.2) is 43.3 Å². The van der Waals surface area contributed by atoms with E-state index in [1.54, 1.807) is 24.4 Å². The Balaban J connectivity index is 1.57. The minimum absolute atomic E-state index is 0.0889. The van der Waals surface area contributed by atoms with E-state index in [9.17, 15) is 17.6 Å². The van der Waals surface area contributed by atoms with Gasteiger partial charge in [0.15, 0.2) is 15.5 Å². The van der Waals surface area contributed by atoms with Gasteiger partial charge in [0.25, 0.3) is 0 Å². The summed E-state index contributed by atoms with van der Waals surface area (Å²) in [7, 11) is -3.34. The highest BCUT2D eigenvalue weighted by atomic mass is 32.2. The highest BCUT2D eigenvalue weighted by Gasteiger charge is 2.19. The second-order valence-electron chi connectivity index (χ2n) is 8.68. The Morgan fingerprint density at radius 3 is 2.54 bits per heavy atom. The summed E-state index contributed by atoms with van der Waals surface area (Å²) in [5.41, 5.74) is 2.49. The number of fused-ring (bicyclic) bond motifs is 2. The van der Waals surface area contributed by atoms with Crippen molar-refractivity contribution in [3.8, 4) is 6.07 Å². The number of nitriles is 1. The fraction of sp³-hybridized carbons (Fsp3) is 0.240. The van der Waals surface area contributed by atoms with Gasteiger partial charge in [0.1, 0.15) is 23.5 Å². The molecule has 5 aromatic rings. The molecule has 37 heavy (non-hydrogen) atoms. The van der Waals surface area contributed by atoms with Crippen molar-refractivity contribution in [2.75, 3.05) is 6.26 Å². The maximum absolute atomic E-state index is 13.9. The Bertz CT molecular complexity index is 1830. The molecule has 0 aliphatic rings. The first-order chi connectivity index (χ1) is 17.8. The summed E-state index contributed by atoms with van der Waals surface area (Å²) in [6.45, 7) is 0.750. The van der Waals surface area contributed by atoms with Gasteiger partial charge in [-0.1, -0.05) is 12.1 Å². The molecule has 0 N–H and O–H groups in total. The van der Waals surface area contributed by atoms with Crippen LogP contribution in [0.2, 0.25) is 0 Å². The van der Waals surface area contributed by atoms with Crippen molar-refractivity contribution in [1.82, 2.24) is 28.7 Å². The molecule has 0 saturated heterocycles. The third kappa shape index (κ3) is 4.73. The van der Waals surface area contributed by atoms with Gasteiger partial charge >= 0.3 is 5.69 Å². The summed E-state index contributed by atoms with van der Waals surface area (Å²) in [6, 6.07) is 12.8. The first-order valence-electron chi connectivity index (χ1n) is 11.5.